The number of rotatable bonds is 2. The van der Waals surface area contributed by atoms with Gasteiger partial charge in [-0.3, -0.25) is 0 Å². The summed E-state index contributed by atoms with van der Waals surface area (Å²) < 4.78 is 0. The summed E-state index contributed by atoms with van der Waals surface area (Å²) in [6, 6.07) is 17.4. The Balaban J connectivity index is -0.000000144. The highest BCUT2D eigenvalue weighted by Gasteiger charge is 1.95. The highest BCUT2D eigenvalue weighted by Crippen LogP contribution is 2.13. The Hall–Kier alpha value is -1.56. The van der Waals surface area contributed by atoms with Crippen LogP contribution in [0, 0.1) is 13.8 Å². The number of benzene rings is 2. The van der Waals surface area contributed by atoms with E-state index in [2.05, 4.69) is 83.1 Å². The quantitative estimate of drug-likeness (QED) is 0.490. The van der Waals surface area contributed by atoms with Gasteiger partial charge in [-0.2, -0.15) is 0 Å². The molecule has 0 aliphatic heterocycles. The predicted molar refractivity (Wildman–Crippen MR) is 131 cm³/mol. The maximum atomic E-state index is 2.21. The van der Waals surface area contributed by atoms with E-state index in [0.717, 1.165) is 6.42 Å². The summed E-state index contributed by atoms with van der Waals surface area (Å²) in [7, 11) is 0. The molecule has 0 heteroatoms. The molecule has 0 amide bonds. The van der Waals surface area contributed by atoms with Crippen molar-refractivity contribution in [1.82, 2.24) is 0 Å². The van der Waals surface area contributed by atoms with Crippen LogP contribution in [0.4, 0.5) is 0 Å². The minimum absolute atomic E-state index is 0.653. The van der Waals surface area contributed by atoms with Crippen molar-refractivity contribution in [2.24, 2.45) is 0 Å². The van der Waals surface area contributed by atoms with Gasteiger partial charge in [0.1, 0.15) is 0 Å². The van der Waals surface area contributed by atoms with Crippen molar-refractivity contribution in [2.75, 3.05) is 0 Å². The van der Waals surface area contributed by atoms with Crippen molar-refractivity contribution in [3.8, 4) is 0 Å². The first-order valence-corrected chi connectivity index (χ1v) is 11.1. The summed E-state index contributed by atoms with van der Waals surface area (Å²) in [5, 5.41) is 0. The average molecular weight is 375 g/mol. The molecule has 0 spiro atoms. The average Bonchev–Trinajstić information content (AvgIpc) is 2.75. The molecule has 0 aliphatic carbocycles. The molecule has 27 heavy (non-hydrogen) atoms. The van der Waals surface area contributed by atoms with E-state index in [1.54, 1.807) is 0 Å². The molecule has 0 radical (unpaired) electrons. The molecule has 0 N–H and O–H groups in total. The fourth-order valence-electron chi connectivity index (χ4n) is 1.78. The minimum atomic E-state index is 0.653. The van der Waals surface area contributed by atoms with E-state index < -0.39 is 0 Å². The zero-order valence-electron chi connectivity index (χ0n) is 20.9. The van der Waals surface area contributed by atoms with Crippen LogP contribution < -0.4 is 0 Å². The minimum Gasteiger partial charge on any atom is -0.0683 e. The van der Waals surface area contributed by atoms with E-state index in [1.165, 1.54) is 22.3 Å². The monoisotopic (exact) mass is 374 g/mol. The van der Waals surface area contributed by atoms with Crippen LogP contribution in [0.2, 0.25) is 0 Å². The van der Waals surface area contributed by atoms with E-state index in [4.69, 9.17) is 0 Å². The molecule has 2 rings (SSSR count). The van der Waals surface area contributed by atoms with E-state index in [0.29, 0.717) is 5.92 Å². The van der Waals surface area contributed by atoms with Crippen LogP contribution in [-0.2, 0) is 6.42 Å². The summed E-state index contributed by atoms with van der Waals surface area (Å²) in [5.41, 5.74) is 5.52. The Morgan fingerprint density at radius 2 is 0.852 bits per heavy atom. The van der Waals surface area contributed by atoms with Crippen molar-refractivity contribution in [3.05, 3.63) is 70.8 Å². The topological polar surface area (TPSA) is 0 Å². The van der Waals surface area contributed by atoms with Crippen LogP contribution in [0.5, 0.6) is 0 Å². The predicted octanol–water partition coefficient (Wildman–Crippen LogP) is 9.78. The van der Waals surface area contributed by atoms with Crippen molar-refractivity contribution in [3.63, 3.8) is 0 Å². The zero-order valence-corrected chi connectivity index (χ0v) is 20.9. The molecule has 0 fully saturated rings. The Labute approximate surface area is 173 Å². The fraction of sp³-hybridized carbons (Fsp3) is 0.556. The molecule has 0 nitrogen and oxygen atoms in total. The van der Waals surface area contributed by atoms with Gasteiger partial charge in [0.15, 0.2) is 0 Å². The SMILES string of the molecule is CC.CC.CC.CC.CCc1ccc(C)cc1.Cc1ccc(C(C)C)cc1. The maximum absolute atomic E-state index is 2.21. The van der Waals surface area contributed by atoms with Gasteiger partial charge in [0, 0.05) is 0 Å². The van der Waals surface area contributed by atoms with Gasteiger partial charge in [-0.1, -0.05) is 136 Å². The Bertz CT molecular complexity index is 460. The first-order valence-electron chi connectivity index (χ1n) is 11.1. The third-order valence-corrected chi connectivity index (χ3v) is 3.27. The van der Waals surface area contributed by atoms with Gasteiger partial charge in [0.05, 0.1) is 0 Å². The maximum Gasteiger partial charge on any atom is -0.0219 e. The van der Waals surface area contributed by atoms with Crippen molar-refractivity contribution >= 4 is 0 Å². The first-order chi connectivity index (χ1) is 13.0. The lowest BCUT2D eigenvalue weighted by Gasteiger charge is -2.03. The van der Waals surface area contributed by atoms with Crippen LogP contribution in [0.3, 0.4) is 0 Å². The highest BCUT2D eigenvalue weighted by atomic mass is 14.0. The lowest BCUT2D eigenvalue weighted by Crippen LogP contribution is -1.85. The summed E-state index contributed by atoms with van der Waals surface area (Å²) in [4.78, 5) is 0. The highest BCUT2D eigenvalue weighted by molar-refractivity contribution is 5.23. The molecule has 0 heterocycles. The smallest absolute Gasteiger partial charge is 0.0219 e. The third kappa shape index (κ3) is 20.6. The van der Waals surface area contributed by atoms with Crippen LogP contribution in [0.1, 0.15) is 104 Å². The van der Waals surface area contributed by atoms with Crippen LogP contribution in [-0.4, -0.2) is 0 Å². The van der Waals surface area contributed by atoms with E-state index in [9.17, 15) is 0 Å². The summed E-state index contributed by atoms with van der Waals surface area (Å²) in [5.74, 6) is 0.653. The molecule has 158 valence electrons. The normalized spacial score (nSPS) is 7.93. The summed E-state index contributed by atoms with van der Waals surface area (Å²) in [6.45, 7) is 26.8. The van der Waals surface area contributed by atoms with Gasteiger partial charge in [-0.25, -0.2) is 0 Å². The van der Waals surface area contributed by atoms with Gasteiger partial charge < -0.3 is 0 Å². The van der Waals surface area contributed by atoms with Gasteiger partial charge >= 0.3 is 0 Å². The molecule has 0 aliphatic rings. The van der Waals surface area contributed by atoms with Crippen LogP contribution in [0.25, 0.3) is 0 Å². The van der Waals surface area contributed by atoms with Crippen molar-refractivity contribution in [2.45, 2.75) is 102 Å². The van der Waals surface area contributed by atoms with Gasteiger partial charge in [-0.05, 0) is 37.3 Å². The van der Waals surface area contributed by atoms with E-state index in [1.807, 2.05) is 55.4 Å². The third-order valence-electron chi connectivity index (χ3n) is 3.27. The van der Waals surface area contributed by atoms with Gasteiger partial charge in [0.2, 0.25) is 0 Å². The van der Waals surface area contributed by atoms with Gasteiger partial charge in [0.25, 0.3) is 0 Å². The number of aryl methyl sites for hydroxylation is 3. The Kier molecular flexibility index (Phi) is 32.6. The van der Waals surface area contributed by atoms with Gasteiger partial charge in [-0.15, -0.1) is 0 Å². The molecular formula is C27H50. The molecule has 0 unspecified atom stereocenters. The Morgan fingerprint density at radius 3 is 1.11 bits per heavy atom. The summed E-state index contributed by atoms with van der Waals surface area (Å²) in [6.07, 6.45) is 1.14. The zero-order chi connectivity index (χ0) is 22.3. The lowest BCUT2D eigenvalue weighted by atomic mass is 10.0. The fourth-order valence-corrected chi connectivity index (χ4v) is 1.78. The molecular weight excluding hydrogens is 324 g/mol. The molecule has 2 aromatic rings. The first kappa shape index (κ1) is 33.1. The summed E-state index contributed by atoms with van der Waals surface area (Å²) >= 11 is 0. The van der Waals surface area contributed by atoms with Crippen molar-refractivity contribution in [1.29, 1.82) is 0 Å². The largest absolute Gasteiger partial charge is 0.0683 e. The molecule has 0 aromatic heterocycles. The molecule has 0 saturated heterocycles. The molecule has 2 aromatic carbocycles. The van der Waals surface area contributed by atoms with Crippen LogP contribution >= 0.6 is 0 Å². The lowest BCUT2D eigenvalue weighted by molar-refractivity contribution is 0.866. The number of hydrogen-bond acceptors (Lipinski definition) is 0. The second-order valence-corrected chi connectivity index (χ2v) is 5.40. The number of hydrogen-bond donors (Lipinski definition) is 0. The standard InChI is InChI=1S/C10H14.C9H12.4C2H6/c1-8(2)10-6-4-9(3)5-7-10;1-3-9-6-4-8(2)5-7-9;4*1-2/h4-8H,1-3H3;4-7H,3H2,1-2H3;4*1-2H3. The molecule has 0 bridgehead atoms. The van der Waals surface area contributed by atoms with Crippen LogP contribution in [0.15, 0.2) is 48.5 Å². The van der Waals surface area contributed by atoms with E-state index in [-0.39, 0.29) is 0 Å². The molecule has 0 atom stereocenters. The van der Waals surface area contributed by atoms with E-state index >= 15 is 0 Å². The second kappa shape index (κ2) is 26.7. The Morgan fingerprint density at radius 1 is 0.556 bits per heavy atom. The second-order valence-electron chi connectivity index (χ2n) is 5.40. The van der Waals surface area contributed by atoms with Crippen molar-refractivity contribution < 1.29 is 0 Å². The molecule has 0 saturated carbocycles.